The number of hydrogen-bond acceptors (Lipinski definition) is 5. The molecular weight excluding hydrogens is 454 g/mol. The van der Waals surface area contributed by atoms with Crippen molar-refractivity contribution in [2.24, 2.45) is 0 Å². The second-order valence-electron chi connectivity index (χ2n) is 8.76. The summed E-state index contributed by atoms with van der Waals surface area (Å²) in [6.45, 7) is 5.92. The van der Waals surface area contributed by atoms with Crippen LogP contribution in [0.3, 0.4) is 0 Å². The maximum Gasteiger partial charge on any atom is 0.244 e. The van der Waals surface area contributed by atoms with Gasteiger partial charge in [0.2, 0.25) is 21.8 Å². The Bertz CT molecular complexity index is 1140. The molecule has 2 aromatic rings. The number of para-hydroxylation sites is 1. The summed E-state index contributed by atoms with van der Waals surface area (Å²) in [7, 11) is -3.73. The van der Waals surface area contributed by atoms with Gasteiger partial charge in [0.05, 0.1) is 18.0 Å². The summed E-state index contributed by atoms with van der Waals surface area (Å²) < 4.78 is 31.9. The van der Waals surface area contributed by atoms with Gasteiger partial charge in [-0.15, -0.1) is 0 Å². The number of aryl methyl sites for hydroxylation is 2. The van der Waals surface area contributed by atoms with Crippen molar-refractivity contribution in [1.82, 2.24) is 4.90 Å². The zero-order chi connectivity index (χ0) is 24.9. The van der Waals surface area contributed by atoms with Gasteiger partial charge in [0.15, 0.2) is 0 Å². The van der Waals surface area contributed by atoms with Gasteiger partial charge in [-0.3, -0.25) is 13.9 Å². The zero-order valence-electron chi connectivity index (χ0n) is 20.2. The molecule has 0 aliphatic carbocycles. The quantitative estimate of drug-likeness (QED) is 0.587. The predicted molar refractivity (Wildman–Crippen MR) is 133 cm³/mol. The van der Waals surface area contributed by atoms with Crippen molar-refractivity contribution in [1.29, 1.82) is 0 Å². The Morgan fingerprint density at radius 1 is 1.03 bits per heavy atom. The Kier molecular flexibility index (Phi) is 8.33. The minimum Gasteiger partial charge on any atom is -0.376 e. The normalized spacial score (nSPS) is 15.7. The molecule has 9 heteroatoms. The molecule has 2 aromatic carbocycles. The molecule has 0 saturated carbocycles. The van der Waals surface area contributed by atoms with Gasteiger partial charge in [-0.05, 0) is 62.4 Å². The van der Waals surface area contributed by atoms with Gasteiger partial charge in [0, 0.05) is 18.8 Å². The third-order valence-electron chi connectivity index (χ3n) is 6.08. The van der Waals surface area contributed by atoms with Gasteiger partial charge >= 0.3 is 0 Å². The van der Waals surface area contributed by atoms with Crippen LogP contribution in [-0.4, -0.2) is 63.7 Å². The van der Waals surface area contributed by atoms with E-state index in [1.54, 1.807) is 25.1 Å². The molecule has 0 bridgehead atoms. The summed E-state index contributed by atoms with van der Waals surface area (Å²) in [6.07, 6.45) is 2.57. The fraction of sp³-hybridized carbons (Fsp3) is 0.440. The molecular formula is C25H33N3O5S. The third kappa shape index (κ3) is 6.57. The molecule has 1 saturated heterocycles. The molecule has 0 spiro atoms. The Balaban J connectivity index is 1.80. The maximum absolute atomic E-state index is 13.4. The van der Waals surface area contributed by atoms with Gasteiger partial charge in [0.1, 0.15) is 13.1 Å². The van der Waals surface area contributed by atoms with Crippen LogP contribution in [0.15, 0.2) is 42.5 Å². The number of nitrogens with one attached hydrogen (secondary N) is 1. The van der Waals surface area contributed by atoms with Gasteiger partial charge in [-0.25, -0.2) is 8.42 Å². The number of anilines is 2. The summed E-state index contributed by atoms with van der Waals surface area (Å²) in [6, 6.07) is 12.6. The summed E-state index contributed by atoms with van der Waals surface area (Å²) >= 11 is 0. The SMILES string of the molecule is Cc1ccccc1N(CC(=O)N(CC(=O)Nc1cccc(C)c1C)CC1CCCO1)S(C)(=O)=O. The van der Waals surface area contributed by atoms with Crippen LogP contribution in [0.25, 0.3) is 0 Å². The lowest BCUT2D eigenvalue weighted by Gasteiger charge is -2.29. The number of carbonyl (C=O) groups is 2. The number of carbonyl (C=O) groups excluding carboxylic acids is 2. The monoisotopic (exact) mass is 487 g/mol. The van der Waals surface area contributed by atoms with E-state index in [1.165, 1.54) is 4.90 Å². The molecule has 0 radical (unpaired) electrons. The molecule has 8 nitrogen and oxygen atoms in total. The van der Waals surface area contributed by atoms with E-state index in [-0.39, 0.29) is 25.1 Å². The second kappa shape index (κ2) is 11.0. The van der Waals surface area contributed by atoms with E-state index >= 15 is 0 Å². The minimum atomic E-state index is -3.73. The van der Waals surface area contributed by atoms with Crippen molar-refractivity contribution < 1.29 is 22.7 Å². The molecule has 1 aliphatic heterocycles. The first-order valence-corrected chi connectivity index (χ1v) is 13.2. The fourth-order valence-corrected chi connectivity index (χ4v) is 4.89. The van der Waals surface area contributed by atoms with E-state index in [1.807, 2.05) is 38.1 Å². The standard InChI is InChI=1S/C25H33N3O5S/c1-18-10-7-12-22(20(18)3)26-24(29)16-27(15-21-11-8-14-33-21)25(30)17-28(34(4,31)32)23-13-6-5-9-19(23)2/h5-7,9-10,12-13,21H,8,11,14-17H2,1-4H3,(H,26,29). The molecule has 1 aliphatic rings. The zero-order valence-corrected chi connectivity index (χ0v) is 21.0. The van der Waals surface area contributed by atoms with Gasteiger partial charge in [-0.1, -0.05) is 30.3 Å². The van der Waals surface area contributed by atoms with Crippen molar-refractivity contribution in [3.05, 3.63) is 59.2 Å². The van der Waals surface area contributed by atoms with Crippen molar-refractivity contribution in [3.63, 3.8) is 0 Å². The molecule has 1 fully saturated rings. The fourth-order valence-electron chi connectivity index (χ4n) is 3.99. The molecule has 3 rings (SSSR count). The van der Waals surface area contributed by atoms with Crippen molar-refractivity contribution >= 4 is 33.2 Å². The van der Waals surface area contributed by atoms with E-state index < -0.39 is 22.5 Å². The number of benzene rings is 2. The van der Waals surface area contributed by atoms with Crippen LogP contribution in [-0.2, 0) is 24.3 Å². The predicted octanol–water partition coefficient (Wildman–Crippen LogP) is 3.02. The average Bonchev–Trinajstić information content (AvgIpc) is 3.28. The van der Waals surface area contributed by atoms with Crippen LogP contribution in [0.2, 0.25) is 0 Å². The highest BCUT2D eigenvalue weighted by Gasteiger charge is 2.29. The Labute approximate surface area is 201 Å². The van der Waals surface area contributed by atoms with Crippen LogP contribution in [0, 0.1) is 20.8 Å². The number of sulfonamides is 1. The molecule has 2 amide bonds. The van der Waals surface area contributed by atoms with E-state index in [9.17, 15) is 18.0 Å². The number of rotatable bonds is 9. The van der Waals surface area contributed by atoms with Crippen molar-refractivity contribution in [2.45, 2.75) is 39.7 Å². The highest BCUT2D eigenvalue weighted by molar-refractivity contribution is 7.92. The van der Waals surface area contributed by atoms with E-state index in [0.29, 0.717) is 18.0 Å². The summed E-state index contributed by atoms with van der Waals surface area (Å²) in [4.78, 5) is 27.7. The smallest absolute Gasteiger partial charge is 0.244 e. The second-order valence-corrected chi connectivity index (χ2v) is 10.7. The van der Waals surface area contributed by atoms with E-state index in [4.69, 9.17) is 4.74 Å². The highest BCUT2D eigenvalue weighted by atomic mass is 32.2. The largest absolute Gasteiger partial charge is 0.376 e. The molecule has 0 aromatic heterocycles. The van der Waals surface area contributed by atoms with Gasteiger partial charge in [-0.2, -0.15) is 0 Å². The molecule has 1 N–H and O–H groups in total. The first-order chi connectivity index (χ1) is 16.1. The van der Waals surface area contributed by atoms with Gasteiger partial charge < -0.3 is 15.0 Å². The average molecular weight is 488 g/mol. The van der Waals surface area contributed by atoms with E-state index in [2.05, 4.69) is 5.32 Å². The lowest BCUT2D eigenvalue weighted by atomic mass is 10.1. The summed E-state index contributed by atoms with van der Waals surface area (Å²) in [5.41, 5.74) is 3.87. The maximum atomic E-state index is 13.4. The minimum absolute atomic E-state index is 0.178. The van der Waals surface area contributed by atoms with Crippen LogP contribution in [0.4, 0.5) is 11.4 Å². The summed E-state index contributed by atoms with van der Waals surface area (Å²) in [5.74, 6) is -0.804. The molecule has 1 heterocycles. The number of nitrogens with zero attached hydrogens (tertiary/aromatic N) is 2. The number of hydrogen-bond donors (Lipinski definition) is 1. The Hall–Kier alpha value is -2.91. The number of amides is 2. The Morgan fingerprint density at radius 3 is 2.38 bits per heavy atom. The topological polar surface area (TPSA) is 96.0 Å². The van der Waals surface area contributed by atoms with E-state index in [0.717, 1.165) is 40.1 Å². The molecule has 1 atom stereocenters. The third-order valence-corrected chi connectivity index (χ3v) is 7.20. The van der Waals surface area contributed by atoms with Crippen molar-refractivity contribution in [2.75, 3.05) is 42.1 Å². The number of ether oxygens (including phenoxy) is 1. The highest BCUT2D eigenvalue weighted by Crippen LogP contribution is 2.23. The lowest BCUT2D eigenvalue weighted by Crippen LogP contribution is -2.48. The lowest BCUT2D eigenvalue weighted by molar-refractivity contribution is -0.134. The van der Waals surface area contributed by atoms with Crippen LogP contribution >= 0.6 is 0 Å². The Morgan fingerprint density at radius 2 is 1.74 bits per heavy atom. The van der Waals surface area contributed by atoms with Crippen molar-refractivity contribution in [3.8, 4) is 0 Å². The summed E-state index contributed by atoms with van der Waals surface area (Å²) in [5, 5.41) is 2.88. The molecule has 1 unspecified atom stereocenters. The van der Waals surface area contributed by atoms with Crippen LogP contribution in [0.1, 0.15) is 29.5 Å². The first-order valence-electron chi connectivity index (χ1n) is 11.3. The van der Waals surface area contributed by atoms with Gasteiger partial charge in [0.25, 0.3) is 0 Å². The van der Waals surface area contributed by atoms with Crippen LogP contribution in [0.5, 0.6) is 0 Å². The van der Waals surface area contributed by atoms with Crippen LogP contribution < -0.4 is 9.62 Å². The first kappa shape index (κ1) is 25.7. The molecule has 34 heavy (non-hydrogen) atoms. The molecule has 184 valence electrons.